The molecule has 2 fully saturated rings. The Kier molecular flexibility index (Phi) is 7.14. The fourth-order valence-electron chi connectivity index (χ4n) is 4.24. The Hall–Kier alpha value is -1.53. The number of likely N-dealkylation sites (tertiary alicyclic amines) is 2. The highest BCUT2D eigenvalue weighted by Crippen LogP contribution is 2.34. The van der Waals surface area contributed by atoms with Crippen molar-refractivity contribution in [3.8, 4) is 0 Å². The van der Waals surface area contributed by atoms with Crippen molar-refractivity contribution in [2.45, 2.75) is 41.5 Å². The van der Waals surface area contributed by atoms with Crippen molar-refractivity contribution >= 4 is 35.0 Å². The maximum absolute atomic E-state index is 12.8. The predicted octanol–water partition coefficient (Wildman–Crippen LogP) is 4.99. The molecule has 1 unspecified atom stereocenters. The highest BCUT2D eigenvalue weighted by Gasteiger charge is 2.28. The van der Waals surface area contributed by atoms with E-state index in [-0.39, 0.29) is 5.91 Å². The van der Waals surface area contributed by atoms with Crippen molar-refractivity contribution in [3.63, 3.8) is 0 Å². The molecule has 154 valence electrons. The van der Waals surface area contributed by atoms with E-state index in [0.29, 0.717) is 12.6 Å². The van der Waals surface area contributed by atoms with Crippen molar-refractivity contribution in [3.05, 3.63) is 53.6 Å². The molecule has 0 saturated carbocycles. The summed E-state index contributed by atoms with van der Waals surface area (Å²) in [5.74, 6) is 0.0717. The molecule has 1 atom stereocenters. The molecule has 0 radical (unpaired) electrons. The van der Waals surface area contributed by atoms with E-state index in [1.807, 2.05) is 48.5 Å². The number of amides is 1. The second-order valence-electron chi connectivity index (χ2n) is 7.87. The van der Waals surface area contributed by atoms with Crippen molar-refractivity contribution < 1.29 is 4.79 Å². The summed E-state index contributed by atoms with van der Waals surface area (Å²) in [5, 5.41) is 3.87. The van der Waals surface area contributed by atoms with Crippen LogP contribution in [-0.4, -0.2) is 54.5 Å². The number of carbonyl (C=O) groups is 1. The number of hydrogen-bond donors (Lipinski definition) is 1. The van der Waals surface area contributed by atoms with E-state index in [9.17, 15) is 4.79 Å². The topological polar surface area (TPSA) is 35.6 Å². The molecule has 4 nitrogen and oxygen atoms in total. The maximum Gasteiger partial charge on any atom is 0.238 e. The normalized spacial score (nSPS) is 20.2. The number of benzene rings is 2. The highest BCUT2D eigenvalue weighted by molar-refractivity contribution is 7.99. The van der Waals surface area contributed by atoms with Crippen LogP contribution in [0.4, 0.5) is 5.69 Å². The average Bonchev–Trinajstić information content (AvgIpc) is 3.38. The van der Waals surface area contributed by atoms with Gasteiger partial charge in [0.05, 0.1) is 12.2 Å². The number of para-hydroxylation sites is 1. The van der Waals surface area contributed by atoms with Crippen molar-refractivity contribution in [1.82, 2.24) is 9.80 Å². The summed E-state index contributed by atoms with van der Waals surface area (Å²) in [6.45, 7) is 5.03. The van der Waals surface area contributed by atoms with Crippen LogP contribution in [0, 0.1) is 0 Å². The molecule has 2 aromatic carbocycles. The molecular formula is C23H28ClN3OS. The van der Waals surface area contributed by atoms with Crippen LogP contribution in [0.15, 0.2) is 58.3 Å². The number of anilines is 1. The van der Waals surface area contributed by atoms with Gasteiger partial charge in [0, 0.05) is 27.4 Å². The molecule has 2 saturated heterocycles. The zero-order valence-electron chi connectivity index (χ0n) is 16.6. The minimum absolute atomic E-state index is 0.0717. The first-order chi connectivity index (χ1) is 14.2. The fourth-order valence-corrected chi connectivity index (χ4v) is 5.26. The zero-order chi connectivity index (χ0) is 20.1. The fraction of sp³-hybridized carbons (Fsp3) is 0.435. The van der Waals surface area contributed by atoms with Gasteiger partial charge in [0.25, 0.3) is 0 Å². The van der Waals surface area contributed by atoms with E-state index >= 15 is 0 Å². The SMILES string of the molecule is O=C(CN1CCCC1CN1CCCC1)Nc1ccccc1Sc1ccc(Cl)cc1. The Morgan fingerprint density at radius 3 is 2.59 bits per heavy atom. The molecule has 2 aliphatic rings. The van der Waals surface area contributed by atoms with E-state index in [0.717, 1.165) is 33.6 Å². The third-order valence-electron chi connectivity index (χ3n) is 5.72. The van der Waals surface area contributed by atoms with Gasteiger partial charge in [-0.25, -0.2) is 0 Å². The quantitative estimate of drug-likeness (QED) is 0.672. The van der Waals surface area contributed by atoms with Gasteiger partial charge in [-0.05, 0) is 81.7 Å². The third kappa shape index (κ3) is 5.76. The minimum Gasteiger partial charge on any atom is -0.324 e. The number of rotatable bonds is 7. The van der Waals surface area contributed by atoms with E-state index in [2.05, 4.69) is 15.1 Å². The summed E-state index contributed by atoms with van der Waals surface area (Å²) in [7, 11) is 0. The number of halogens is 1. The number of carbonyl (C=O) groups excluding carboxylic acids is 1. The minimum atomic E-state index is 0.0717. The molecular weight excluding hydrogens is 402 g/mol. The molecule has 1 amide bonds. The Balaban J connectivity index is 1.36. The third-order valence-corrected chi connectivity index (χ3v) is 7.05. The van der Waals surface area contributed by atoms with E-state index in [1.54, 1.807) is 11.8 Å². The predicted molar refractivity (Wildman–Crippen MR) is 121 cm³/mol. The monoisotopic (exact) mass is 429 g/mol. The second-order valence-corrected chi connectivity index (χ2v) is 9.43. The van der Waals surface area contributed by atoms with Crippen molar-refractivity contribution in [1.29, 1.82) is 0 Å². The highest BCUT2D eigenvalue weighted by atomic mass is 35.5. The van der Waals surface area contributed by atoms with Crippen LogP contribution in [0.5, 0.6) is 0 Å². The van der Waals surface area contributed by atoms with Gasteiger partial charge in [-0.3, -0.25) is 9.69 Å². The Morgan fingerprint density at radius 2 is 1.79 bits per heavy atom. The van der Waals surface area contributed by atoms with Gasteiger partial charge >= 0.3 is 0 Å². The second kappa shape index (κ2) is 9.98. The van der Waals surface area contributed by atoms with Gasteiger partial charge in [-0.1, -0.05) is 35.5 Å². The molecule has 0 aromatic heterocycles. The first-order valence-corrected chi connectivity index (χ1v) is 11.7. The maximum atomic E-state index is 12.8. The summed E-state index contributed by atoms with van der Waals surface area (Å²) in [4.78, 5) is 19.9. The van der Waals surface area contributed by atoms with Gasteiger partial charge in [0.15, 0.2) is 0 Å². The lowest BCUT2D eigenvalue weighted by Crippen LogP contribution is -2.42. The molecule has 29 heavy (non-hydrogen) atoms. The summed E-state index contributed by atoms with van der Waals surface area (Å²) in [6, 6.07) is 16.3. The molecule has 0 spiro atoms. The number of nitrogens with one attached hydrogen (secondary N) is 1. The van der Waals surface area contributed by atoms with E-state index in [4.69, 9.17) is 11.6 Å². The summed E-state index contributed by atoms with van der Waals surface area (Å²) < 4.78 is 0. The van der Waals surface area contributed by atoms with Crippen LogP contribution in [0.25, 0.3) is 0 Å². The Bertz CT molecular complexity index is 823. The summed E-state index contributed by atoms with van der Waals surface area (Å²) in [6.07, 6.45) is 5.02. The van der Waals surface area contributed by atoms with Crippen LogP contribution >= 0.6 is 23.4 Å². The van der Waals surface area contributed by atoms with Gasteiger partial charge in [0.2, 0.25) is 5.91 Å². The first-order valence-electron chi connectivity index (χ1n) is 10.5. The van der Waals surface area contributed by atoms with Gasteiger partial charge in [-0.15, -0.1) is 0 Å². The molecule has 0 bridgehead atoms. The standard InChI is InChI=1S/C23H28ClN3OS/c24-18-9-11-20(12-10-18)29-22-8-2-1-7-21(22)25-23(28)17-27-15-5-6-19(27)16-26-13-3-4-14-26/h1-2,7-12,19H,3-6,13-17H2,(H,25,28). The molecule has 1 N–H and O–H groups in total. The molecule has 2 heterocycles. The average molecular weight is 430 g/mol. The van der Waals surface area contributed by atoms with E-state index < -0.39 is 0 Å². The largest absolute Gasteiger partial charge is 0.324 e. The smallest absolute Gasteiger partial charge is 0.238 e. The van der Waals surface area contributed by atoms with Crippen LogP contribution in [0.1, 0.15) is 25.7 Å². The van der Waals surface area contributed by atoms with Crippen LogP contribution in [0.3, 0.4) is 0 Å². The molecule has 2 aromatic rings. The number of nitrogens with zero attached hydrogens (tertiary/aromatic N) is 2. The lowest BCUT2D eigenvalue weighted by atomic mass is 10.2. The molecule has 4 rings (SSSR count). The molecule has 6 heteroatoms. The van der Waals surface area contributed by atoms with Gasteiger partial charge < -0.3 is 10.2 Å². The van der Waals surface area contributed by atoms with Gasteiger partial charge in [-0.2, -0.15) is 0 Å². The van der Waals surface area contributed by atoms with Crippen LogP contribution in [-0.2, 0) is 4.79 Å². The Morgan fingerprint density at radius 1 is 1.03 bits per heavy atom. The van der Waals surface area contributed by atoms with Crippen LogP contribution < -0.4 is 5.32 Å². The van der Waals surface area contributed by atoms with Crippen LogP contribution in [0.2, 0.25) is 5.02 Å². The number of hydrogen-bond acceptors (Lipinski definition) is 4. The summed E-state index contributed by atoms with van der Waals surface area (Å²) >= 11 is 7.62. The van der Waals surface area contributed by atoms with Gasteiger partial charge in [0.1, 0.15) is 0 Å². The zero-order valence-corrected chi connectivity index (χ0v) is 18.2. The Labute approximate surface area is 182 Å². The van der Waals surface area contributed by atoms with Crippen molar-refractivity contribution in [2.75, 3.05) is 38.0 Å². The first kappa shape index (κ1) is 20.7. The lowest BCUT2D eigenvalue weighted by Gasteiger charge is -2.28. The molecule has 0 aliphatic carbocycles. The molecule has 2 aliphatic heterocycles. The lowest BCUT2D eigenvalue weighted by molar-refractivity contribution is -0.117. The summed E-state index contributed by atoms with van der Waals surface area (Å²) in [5.41, 5.74) is 0.868. The van der Waals surface area contributed by atoms with Crippen molar-refractivity contribution in [2.24, 2.45) is 0 Å². The van der Waals surface area contributed by atoms with E-state index in [1.165, 1.54) is 38.8 Å².